The molecule has 3 rings (SSSR count). The Morgan fingerprint density at radius 3 is 2.76 bits per heavy atom. The maximum Gasteiger partial charge on any atom is 0.324 e. The van der Waals surface area contributed by atoms with E-state index in [1.807, 2.05) is 0 Å². The Labute approximate surface area is 144 Å². The average Bonchev–Trinajstić information content (AvgIpc) is 2.99. The maximum absolute atomic E-state index is 13.7. The molecule has 0 saturated carbocycles. The molecule has 0 saturated heterocycles. The lowest BCUT2D eigenvalue weighted by Gasteiger charge is -2.12. The van der Waals surface area contributed by atoms with Crippen LogP contribution >= 0.6 is 11.3 Å². The molecule has 0 unspecified atom stereocenters. The van der Waals surface area contributed by atoms with E-state index in [2.05, 4.69) is 25.5 Å². The molecular formula is C15H12FN5O3S. The number of methoxy groups -OCH3 is 1. The second kappa shape index (κ2) is 6.77. The molecule has 0 aromatic carbocycles. The van der Waals surface area contributed by atoms with Crippen LogP contribution in [-0.4, -0.2) is 33.2 Å². The number of amides is 1. The first-order valence-electron chi connectivity index (χ1n) is 7.01. The Bertz CT molecular complexity index is 1000. The van der Waals surface area contributed by atoms with E-state index in [1.165, 1.54) is 19.4 Å². The third-order valence-corrected chi connectivity index (χ3v) is 3.91. The molecule has 0 atom stereocenters. The Morgan fingerprint density at radius 2 is 2.08 bits per heavy atom. The van der Waals surface area contributed by atoms with E-state index in [-0.39, 0.29) is 16.6 Å². The lowest BCUT2D eigenvalue weighted by molar-refractivity contribution is 0.102. The number of pyridine rings is 2. The number of hydrogen-bond acceptors (Lipinski definition) is 7. The highest BCUT2D eigenvalue weighted by Gasteiger charge is 2.19. The van der Waals surface area contributed by atoms with E-state index in [0.717, 1.165) is 17.5 Å². The van der Waals surface area contributed by atoms with Gasteiger partial charge in [0, 0.05) is 23.0 Å². The summed E-state index contributed by atoms with van der Waals surface area (Å²) in [4.78, 5) is 31.3. The van der Waals surface area contributed by atoms with Crippen LogP contribution in [0.4, 0.5) is 9.52 Å². The molecule has 128 valence electrons. The smallest absolute Gasteiger partial charge is 0.324 e. The predicted octanol–water partition coefficient (Wildman–Crippen LogP) is 2.00. The molecule has 0 fully saturated rings. The molecule has 3 heterocycles. The van der Waals surface area contributed by atoms with Crippen LogP contribution in [0.1, 0.15) is 16.1 Å². The van der Waals surface area contributed by atoms with Crippen LogP contribution in [0.2, 0.25) is 0 Å². The van der Waals surface area contributed by atoms with Crippen molar-refractivity contribution >= 4 is 22.4 Å². The normalized spacial score (nSPS) is 10.5. The summed E-state index contributed by atoms with van der Waals surface area (Å²) in [6.45, 7) is 1.74. The molecule has 3 aromatic heterocycles. The zero-order valence-electron chi connectivity index (χ0n) is 13.2. The summed E-state index contributed by atoms with van der Waals surface area (Å²) in [5.41, 5.74) is 1.51. The van der Waals surface area contributed by atoms with Crippen molar-refractivity contribution in [3.8, 4) is 17.0 Å². The quantitative estimate of drug-likeness (QED) is 0.735. The van der Waals surface area contributed by atoms with Gasteiger partial charge in [0.25, 0.3) is 5.91 Å². The first kappa shape index (κ1) is 16.7. The number of aromatic nitrogens is 4. The van der Waals surface area contributed by atoms with Crippen LogP contribution < -0.4 is 14.9 Å². The van der Waals surface area contributed by atoms with Gasteiger partial charge in [0.05, 0.1) is 18.9 Å². The Balaban J connectivity index is 2.08. The summed E-state index contributed by atoms with van der Waals surface area (Å²) in [5, 5.41) is 8.51. The number of carbonyl (C=O) groups excluding carboxylic acids is 1. The summed E-state index contributed by atoms with van der Waals surface area (Å²) in [6, 6.07) is 2.85. The maximum atomic E-state index is 13.7. The molecule has 0 aliphatic rings. The van der Waals surface area contributed by atoms with Crippen molar-refractivity contribution < 1.29 is 13.9 Å². The second-order valence-corrected chi connectivity index (χ2v) is 5.92. The molecular weight excluding hydrogens is 349 g/mol. The Hall–Kier alpha value is -3.14. The number of carbonyl (C=O) groups is 1. The summed E-state index contributed by atoms with van der Waals surface area (Å²) in [7, 11) is 1.40. The number of rotatable bonds is 4. The Kier molecular flexibility index (Phi) is 4.52. The van der Waals surface area contributed by atoms with Gasteiger partial charge in [-0.2, -0.15) is 0 Å². The van der Waals surface area contributed by atoms with Gasteiger partial charge in [-0.1, -0.05) is 0 Å². The molecule has 2 N–H and O–H groups in total. The number of aryl methyl sites for hydroxylation is 1. The molecule has 10 heteroatoms. The number of hydrogen-bond donors (Lipinski definition) is 2. The van der Waals surface area contributed by atoms with Crippen LogP contribution in [0.5, 0.6) is 5.88 Å². The number of nitrogens with zero attached hydrogens (tertiary/aromatic N) is 3. The first-order chi connectivity index (χ1) is 12.0. The van der Waals surface area contributed by atoms with Crippen molar-refractivity contribution in [2.45, 2.75) is 6.92 Å². The van der Waals surface area contributed by atoms with Crippen molar-refractivity contribution in [3.05, 3.63) is 51.3 Å². The van der Waals surface area contributed by atoms with Gasteiger partial charge >= 0.3 is 4.87 Å². The van der Waals surface area contributed by atoms with E-state index in [9.17, 15) is 14.0 Å². The second-order valence-electron chi connectivity index (χ2n) is 4.95. The standard InChI is InChI=1S/C15H12FN5O3S/c1-7-3-9(10-4-8(16)5-18-13(10)24-2)11(6-17-7)12(22)19-14-20-21-15(23)25-14/h3-6H,1-2H3,(H,21,23)(H,19,20,22). The SMILES string of the molecule is COc1ncc(F)cc1-c1cc(C)ncc1C(=O)Nc1n[nH]c(=O)s1. The van der Waals surface area contributed by atoms with E-state index < -0.39 is 16.6 Å². The molecule has 25 heavy (non-hydrogen) atoms. The summed E-state index contributed by atoms with van der Waals surface area (Å²) in [6.07, 6.45) is 2.39. The molecule has 0 radical (unpaired) electrons. The molecule has 0 aliphatic carbocycles. The van der Waals surface area contributed by atoms with E-state index in [4.69, 9.17) is 4.74 Å². The third kappa shape index (κ3) is 3.53. The van der Waals surface area contributed by atoms with Gasteiger partial charge in [0.2, 0.25) is 11.0 Å². The molecule has 3 aromatic rings. The average molecular weight is 361 g/mol. The van der Waals surface area contributed by atoms with Gasteiger partial charge in [-0.15, -0.1) is 5.10 Å². The van der Waals surface area contributed by atoms with Crippen LogP contribution in [0.25, 0.3) is 11.1 Å². The third-order valence-electron chi connectivity index (χ3n) is 3.25. The van der Waals surface area contributed by atoms with E-state index in [0.29, 0.717) is 16.8 Å². The minimum absolute atomic E-state index is 0.117. The fraction of sp³-hybridized carbons (Fsp3) is 0.133. The van der Waals surface area contributed by atoms with E-state index >= 15 is 0 Å². The van der Waals surface area contributed by atoms with Crippen LogP contribution in [0.3, 0.4) is 0 Å². The highest BCUT2D eigenvalue weighted by Crippen LogP contribution is 2.32. The molecule has 8 nitrogen and oxygen atoms in total. The fourth-order valence-electron chi connectivity index (χ4n) is 2.19. The molecule has 0 spiro atoms. The minimum atomic E-state index is -0.567. The van der Waals surface area contributed by atoms with Crippen LogP contribution in [0, 0.1) is 12.7 Å². The lowest BCUT2D eigenvalue weighted by Crippen LogP contribution is -2.14. The highest BCUT2D eigenvalue weighted by atomic mass is 32.1. The Morgan fingerprint density at radius 1 is 1.28 bits per heavy atom. The first-order valence-corrected chi connectivity index (χ1v) is 7.83. The van der Waals surface area contributed by atoms with Crippen molar-refractivity contribution in [1.82, 2.24) is 20.2 Å². The molecule has 0 aliphatic heterocycles. The summed E-state index contributed by atoms with van der Waals surface area (Å²) in [5.74, 6) is -0.941. The van der Waals surface area contributed by atoms with Gasteiger partial charge in [-0.25, -0.2) is 14.5 Å². The van der Waals surface area contributed by atoms with Gasteiger partial charge in [-0.3, -0.25) is 19.9 Å². The number of anilines is 1. The molecule has 0 bridgehead atoms. The largest absolute Gasteiger partial charge is 0.481 e. The number of halogens is 1. The zero-order chi connectivity index (χ0) is 18.0. The van der Waals surface area contributed by atoms with Gasteiger partial charge in [0.15, 0.2) is 0 Å². The highest BCUT2D eigenvalue weighted by molar-refractivity contribution is 7.13. The zero-order valence-corrected chi connectivity index (χ0v) is 14.0. The van der Waals surface area contributed by atoms with Crippen molar-refractivity contribution in [2.24, 2.45) is 0 Å². The van der Waals surface area contributed by atoms with Crippen LogP contribution in [0.15, 0.2) is 29.3 Å². The van der Waals surface area contributed by atoms with Gasteiger partial charge in [-0.05, 0) is 30.4 Å². The van der Waals surface area contributed by atoms with Gasteiger partial charge in [0.1, 0.15) is 5.82 Å². The van der Waals surface area contributed by atoms with Crippen molar-refractivity contribution in [2.75, 3.05) is 12.4 Å². The van der Waals surface area contributed by atoms with Gasteiger partial charge < -0.3 is 4.74 Å². The topological polar surface area (TPSA) is 110 Å². The summed E-state index contributed by atoms with van der Waals surface area (Å²) >= 11 is 0.754. The molecule has 1 amide bonds. The number of aromatic amines is 1. The monoisotopic (exact) mass is 361 g/mol. The van der Waals surface area contributed by atoms with Crippen molar-refractivity contribution in [3.63, 3.8) is 0 Å². The predicted molar refractivity (Wildman–Crippen MR) is 89.4 cm³/mol. The number of ether oxygens (including phenoxy) is 1. The number of nitrogens with one attached hydrogen (secondary N) is 2. The van der Waals surface area contributed by atoms with Crippen LogP contribution in [-0.2, 0) is 0 Å². The minimum Gasteiger partial charge on any atom is -0.481 e. The lowest BCUT2D eigenvalue weighted by atomic mass is 10.0. The van der Waals surface area contributed by atoms with E-state index in [1.54, 1.807) is 13.0 Å². The number of H-pyrrole nitrogens is 1. The van der Waals surface area contributed by atoms with Crippen molar-refractivity contribution in [1.29, 1.82) is 0 Å². The fourth-order valence-corrected chi connectivity index (χ4v) is 2.70. The summed E-state index contributed by atoms with van der Waals surface area (Å²) < 4.78 is 18.8.